The Kier molecular flexibility index (Phi) is 3.74. The molecule has 0 bridgehead atoms. The maximum atomic E-state index is 4.17. The van der Waals surface area contributed by atoms with Gasteiger partial charge in [-0.25, -0.2) is 0 Å². The number of fused-ring (bicyclic) bond motifs is 1. The Balaban J connectivity index is 1.62. The molecule has 3 nitrogen and oxygen atoms in total. The smallest absolute Gasteiger partial charge is 0.0794 e. The Morgan fingerprint density at radius 2 is 2.18 bits per heavy atom. The van der Waals surface area contributed by atoms with E-state index in [0.717, 1.165) is 12.6 Å². The highest BCUT2D eigenvalue weighted by Gasteiger charge is 2.26. The standard InChI is InChI=1S/C13H21N3S/c1-2-6-16-7-3-5-15(9-12(16)4-1)10-13-8-14-11-17-13/h8,11-12H,1-7,9-10H2. The van der Waals surface area contributed by atoms with Gasteiger partial charge in [0.25, 0.3) is 0 Å². The SMILES string of the molecule is c1ncc(CN2CCCN3CCCCC3C2)s1. The molecule has 3 rings (SSSR count). The van der Waals surface area contributed by atoms with Gasteiger partial charge in [-0.1, -0.05) is 6.42 Å². The molecule has 1 aromatic heterocycles. The summed E-state index contributed by atoms with van der Waals surface area (Å²) in [5, 5.41) is 0. The van der Waals surface area contributed by atoms with E-state index in [2.05, 4.69) is 14.8 Å². The van der Waals surface area contributed by atoms with Crippen molar-refractivity contribution in [3.05, 3.63) is 16.6 Å². The van der Waals surface area contributed by atoms with E-state index in [9.17, 15) is 0 Å². The maximum absolute atomic E-state index is 4.17. The Morgan fingerprint density at radius 1 is 1.24 bits per heavy atom. The molecule has 2 fully saturated rings. The summed E-state index contributed by atoms with van der Waals surface area (Å²) < 4.78 is 0. The number of piperidine rings is 1. The van der Waals surface area contributed by atoms with Gasteiger partial charge in [-0.15, -0.1) is 11.3 Å². The maximum Gasteiger partial charge on any atom is 0.0794 e. The van der Waals surface area contributed by atoms with Crippen molar-refractivity contribution in [3.63, 3.8) is 0 Å². The molecule has 0 radical (unpaired) electrons. The van der Waals surface area contributed by atoms with Crippen LogP contribution < -0.4 is 0 Å². The van der Waals surface area contributed by atoms with Crippen molar-refractivity contribution in [1.29, 1.82) is 0 Å². The average molecular weight is 251 g/mol. The van der Waals surface area contributed by atoms with Gasteiger partial charge in [0.1, 0.15) is 0 Å². The number of thiazole rings is 1. The molecule has 0 amide bonds. The first-order valence-corrected chi connectivity index (χ1v) is 7.63. The average Bonchev–Trinajstić information content (AvgIpc) is 2.76. The van der Waals surface area contributed by atoms with Crippen LogP contribution in [0.4, 0.5) is 0 Å². The van der Waals surface area contributed by atoms with Crippen molar-refractivity contribution < 1.29 is 0 Å². The third kappa shape index (κ3) is 2.87. The lowest BCUT2D eigenvalue weighted by molar-refractivity contribution is 0.135. The number of nitrogens with zero attached hydrogens (tertiary/aromatic N) is 3. The van der Waals surface area contributed by atoms with E-state index in [-0.39, 0.29) is 0 Å². The van der Waals surface area contributed by atoms with Crippen LogP contribution in [0, 0.1) is 0 Å². The van der Waals surface area contributed by atoms with Crippen LogP contribution in [-0.4, -0.2) is 47.0 Å². The van der Waals surface area contributed by atoms with Crippen molar-refractivity contribution >= 4 is 11.3 Å². The number of hydrogen-bond donors (Lipinski definition) is 0. The molecule has 2 aliphatic heterocycles. The van der Waals surface area contributed by atoms with E-state index in [0.29, 0.717) is 0 Å². The van der Waals surface area contributed by atoms with Crippen LogP contribution in [0.15, 0.2) is 11.7 Å². The van der Waals surface area contributed by atoms with Gasteiger partial charge in [-0.2, -0.15) is 0 Å². The molecule has 94 valence electrons. The summed E-state index contributed by atoms with van der Waals surface area (Å²) in [5.41, 5.74) is 1.94. The first kappa shape index (κ1) is 11.6. The molecule has 2 saturated heterocycles. The molecule has 1 atom stereocenters. The second-order valence-corrected chi connectivity index (χ2v) is 6.21. The van der Waals surface area contributed by atoms with Gasteiger partial charge in [-0.3, -0.25) is 14.8 Å². The van der Waals surface area contributed by atoms with Crippen LogP contribution in [0.25, 0.3) is 0 Å². The molecule has 1 aromatic rings. The summed E-state index contributed by atoms with van der Waals surface area (Å²) in [5.74, 6) is 0. The zero-order chi connectivity index (χ0) is 11.5. The Labute approximate surface area is 107 Å². The minimum absolute atomic E-state index is 0.819. The lowest BCUT2D eigenvalue weighted by Crippen LogP contribution is -2.43. The Morgan fingerprint density at radius 3 is 3.06 bits per heavy atom. The molecule has 0 spiro atoms. The lowest BCUT2D eigenvalue weighted by Gasteiger charge is -2.35. The molecule has 4 heteroatoms. The highest BCUT2D eigenvalue weighted by atomic mass is 32.1. The van der Waals surface area contributed by atoms with E-state index in [1.165, 1.54) is 56.7 Å². The third-order valence-corrected chi connectivity index (χ3v) is 4.76. The van der Waals surface area contributed by atoms with E-state index in [1.807, 2.05) is 11.7 Å². The largest absolute Gasteiger partial charge is 0.299 e. The fourth-order valence-electron chi connectivity index (χ4n) is 3.13. The van der Waals surface area contributed by atoms with Crippen molar-refractivity contribution in [2.24, 2.45) is 0 Å². The number of rotatable bonds is 2. The second-order valence-electron chi connectivity index (χ2n) is 5.24. The van der Waals surface area contributed by atoms with Crippen LogP contribution in [0.2, 0.25) is 0 Å². The van der Waals surface area contributed by atoms with Gasteiger partial charge in [0.15, 0.2) is 0 Å². The molecule has 0 N–H and O–H groups in total. The van der Waals surface area contributed by atoms with Gasteiger partial charge < -0.3 is 0 Å². The zero-order valence-corrected chi connectivity index (χ0v) is 11.2. The van der Waals surface area contributed by atoms with Gasteiger partial charge in [0.05, 0.1) is 5.51 Å². The van der Waals surface area contributed by atoms with Crippen LogP contribution in [0.1, 0.15) is 30.6 Å². The predicted molar refractivity (Wildman–Crippen MR) is 71.2 cm³/mol. The normalized spacial score (nSPS) is 27.6. The monoisotopic (exact) mass is 251 g/mol. The third-order valence-electron chi connectivity index (χ3n) is 4.00. The van der Waals surface area contributed by atoms with Gasteiger partial charge in [0, 0.05) is 30.2 Å². The van der Waals surface area contributed by atoms with E-state index >= 15 is 0 Å². The number of aromatic nitrogens is 1. The molecule has 0 saturated carbocycles. The topological polar surface area (TPSA) is 19.4 Å². The minimum atomic E-state index is 0.819. The van der Waals surface area contributed by atoms with E-state index in [4.69, 9.17) is 0 Å². The lowest BCUT2D eigenvalue weighted by atomic mass is 10.0. The summed E-state index contributed by atoms with van der Waals surface area (Å²) in [6, 6.07) is 0.819. The fraction of sp³-hybridized carbons (Fsp3) is 0.769. The summed E-state index contributed by atoms with van der Waals surface area (Å²) in [7, 11) is 0. The van der Waals surface area contributed by atoms with Crippen LogP contribution in [0.5, 0.6) is 0 Å². The van der Waals surface area contributed by atoms with Gasteiger partial charge in [0.2, 0.25) is 0 Å². The van der Waals surface area contributed by atoms with E-state index in [1.54, 1.807) is 11.3 Å². The summed E-state index contributed by atoms with van der Waals surface area (Å²) >= 11 is 1.79. The first-order chi connectivity index (χ1) is 8.42. The Bertz CT molecular complexity index is 338. The zero-order valence-electron chi connectivity index (χ0n) is 10.3. The highest BCUT2D eigenvalue weighted by molar-refractivity contribution is 7.09. The Hall–Kier alpha value is -0.450. The molecule has 3 heterocycles. The first-order valence-electron chi connectivity index (χ1n) is 6.75. The van der Waals surface area contributed by atoms with Crippen molar-refractivity contribution in [3.8, 4) is 0 Å². The van der Waals surface area contributed by atoms with E-state index < -0.39 is 0 Å². The van der Waals surface area contributed by atoms with Crippen molar-refractivity contribution in [2.75, 3.05) is 26.2 Å². The predicted octanol–water partition coefficient (Wildman–Crippen LogP) is 2.20. The quantitative estimate of drug-likeness (QED) is 0.803. The molecular weight excluding hydrogens is 230 g/mol. The second kappa shape index (κ2) is 5.46. The van der Waals surface area contributed by atoms with Crippen LogP contribution in [-0.2, 0) is 6.54 Å². The number of hydrogen-bond acceptors (Lipinski definition) is 4. The van der Waals surface area contributed by atoms with Crippen LogP contribution in [0.3, 0.4) is 0 Å². The molecule has 2 aliphatic rings. The minimum Gasteiger partial charge on any atom is -0.299 e. The molecular formula is C13H21N3S. The van der Waals surface area contributed by atoms with Crippen molar-refractivity contribution in [1.82, 2.24) is 14.8 Å². The van der Waals surface area contributed by atoms with Gasteiger partial charge >= 0.3 is 0 Å². The fourth-order valence-corrected chi connectivity index (χ4v) is 3.77. The highest BCUT2D eigenvalue weighted by Crippen LogP contribution is 2.22. The molecule has 0 aliphatic carbocycles. The summed E-state index contributed by atoms with van der Waals surface area (Å²) in [6.07, 6.45) is 7.59. The molecule has 1 unspecified atom stereocenters. The van der Waals surface area contributed by atoms with Crippen LogP contribution >= 0.6 is 11.3 Å². The van der Waals surface area contributed by atoms with Gasteiger partial charge in [-0.05, 0) is 38.9 Å². The molecule has 0 aromatic carbocycles. The summed E-state index contributed by atoms with van der Waals surface area (Å²) in [6.45, 7) is 6.26. The summed E-state index contributed by atoms with van der Waals surface area (Å²) in [4.78, 5) is 10.9. The van der Waals surface area contributed by atoms with Crippen molar-refractivity contribution in [2.45, 2.75) is 38.3 Å². The molecule has 17 heavy (non-hydrogen) atoms.